The lowest BCUT2D eigenvalue weighted by Gasteiger charge is -2.23. The van der Waals surface area contributed by atoms with Gasteiger partial charge in [-0.05, 0) is 30.5 Å². The molecule has 0 radical (unpaired) electrons. The lowest BCUT2D eigenvalue weighted by atomic mass is 10.1. The number of aryl methyl sites for hydroxylation is 1. The number of rotatable bonds is 4. The van der Waals surface area contributed by atoms with Crippen LogP contribution in [0.1, 0.15) is 18.4 Å². The molecular formula is C14H18FNO3S. The summed E-state index contributed by atoms with van der Waals surface area (Å²) in [7, 11) is -1.35. The molecule has 1 aliphatic rings. The summed E-state index contributed by atoms with van der Waals surface area (Å²) >= 11 is 0. The molecule has 1 fully saturated rings. The smallest absolute Gasteiger partial charge is 0.222 e. The van der Waals surface area contributed by atoms with Crippen LogP contribution in [0.2, 0.25) is 0 Å². The summed E-state index contributed by atoms with van der Waals surface area (Å²) in [6.07, 6.45) is 1.22. The van der Waals surface area contributed by atoms with Crippen molar-refractivity contribution in [1.29, 1.82) is 0 Å². The van der Waals surface area contributed by atoms with Gasteiger partial charge in [0.1, 0.15) is 5.82 Å². The quantitative estimate of drug-likeness (QED) is 0.844. The van der Waals surface area contributed by atoms with E-state index >= 15 is 0 Å². The van der Waals surface area contributed by atoms with Crippen molar-refractivity contribution in [2.45, 2.75) is 25.3 Å². The van der Waals surface area contributed by atoms with Crippen LogP contribution >= 0.6 is 0 Å². The Morgan fingerprint density at radius 1 is 1.45 bits per heavy atom. The second-order valence-corrected chi connectivity index (χ2v) is 7.42. The van der Waals surface area contributed by atoms with Crippen LogP contribution in [0.4, 0.5) is 4.39 Å². The number of hydrogen-bond donors (Lipinski definition) is 0. The Bertz CT molecular complexity index is 600. The van der Waals surface area contributed by atoms with E-state index in [0.717, 1.165) is 5.56 Å². The summed E-state index contributed by atoms with van der Waals surface area (Å²) in [5.74, 6) is -0.212. The monoisotopic (exact) mass is 299 g/mol. The van der Waals surface area contributed by atoms with Gasteiger partial charge in [0.2, 0.25) is 5.91 Å². The Hall–Kier alpha value is -1.43. The number of halogens is 1. The molecule has 1 amide bonds. The second-order valence-electron chi connectivity index (χ2n) is 5.19. The van der Waals surface area contributed by atoms with Crippen molar-refractivity contribution < 1.29 is 17.6 Å². The van der Waals surface area contributed by atoms with Crippen molar-refractivity contribution >= 4 is 15.7 Å². The second kappa shape index (κ2) is 5.91. The maximum atomic E-state index is 13.0. The van der Waals surface area contributed by atoms with E-state index < -0.39 is 9.84 Å². The van der Waals surface area contributed by atoms with Crippen LogP contribution in [0.3, 0.4) is 0 Å². The van der Waals surface area contributed by atoms with E-state index in [4.69, 9.17) is 0 Å². The third-order valence-electron chi connectivity index (χ3n) is 3.67. The summed E-state index contributed by atoms with van der Waals surface area (Å²) in [5, 5.41) is 0. The first-order chi connectivity index (χ1) is 9.37. The molecular weight excluding hydrogens is 281 g/mol. The summed E-state index contributed by atoms with van der Waals surface area (Å²) in [6, 6.07) is 5.94. The third-order valence-corrected chi connectivity index (χ3v) is 5.42. The van der Waals surface area contributed by atoms with Gasteiger partial charge in [-0.1, -0.05) is 12.1 Å². The van der Waals surface area contributed by atoms with Crippen molar-refractivity contribution in [3.8, 4) is 0 Å². The standard InChI is InChI=1S/C14H18FNO3S/c1-16(13-7-8-20(18,19)10-13)14(17)6-5-11-3-2-4-12(15)9-11/h2-4,9,13H,5-8,10H2,1H3. The van der Waals surface area contributed by atoms with Crippen LogP contribution in [0.15, 0.2) is 24.3 Å². The summed E-state index contributed by atoms with van der Waals surface area (Å²) in [6.45, 7) is 0. The maximum Gasteiger partial charge on any atom is 0.222 e. The van der Waals surface area contributed by atoms with Gasteiger partial charge in [0.15, 0.2) is 9.84 Å². The van der Waals surface area contributed by atoms with E-state index in [9.17, 15) is 17.6 Å². The van der Waals surface area contributed by atoms with Crippen LogP contribution < -0.4 is 0 Å². The highest BCUT2D eigenvalue weighted by molar-refractivity contribution is 7.91. The summed E-state index contributed by atoms with van der Waals surface area (Å²) < 4.78 is 35.8. The average Bonchev–Trinajstić information content (AvgIpc) is 2.75. The molecule has 6 heteroatoms. The Morgan fingerprint density at radius 3 is 2.80 bits per heavy atom. The molecule has 2 rings (SSSR count). The highest BCUT2D eigenvalue weighted by Gasteiger charge is 2.32. The molecule has 0 aromatic heterocycles. The number of sulfone groups is 1. The number of carbonyl (C=O) groups is 1. The van der Waals surface area contributed by atoms with Gasteiger partial charge in [0.05, 0.1) is 11.5 Å². The topological polar surface area (TPSA) is 54.5 Å². The Morgan fingerprint density at radius 2 is 2.20 bits per heavy atom. The molecule has 0 N–H and O–H groups in total. The fourth-order valence-electron chi connectivity index (χ4n) is 2.40. The molecule has 1 heterocycles. The number of nitrogens with zero attached hydrogens (tertiary/aromatic N) is 1. The van der Waals surface area contributed by atoms with Crippen molar-refractivity contribution in [3.05, 3.63) is 35.6 Å². The van der Waals surface area contributed by atoms with Crippen LogP contribution in [0.5, 0.6) is 0 Å². The van der Waals surface area contributed by atoms with Gasteiger partial charge in [-0.25, -0.2) is 12.8 Å². The third kappa shape index (κ3) is 3.79. The Labute approximate surface area is 118 Å². The number of hydrogen-bond acceptors (Lipinski definition) is 3. The van der Waals surface area contributed by atoms with Gasteiger partial charge in [-0.3, -0.25) is 4.79 Å². The molecule has 20 heavy (non-hydrogen) atoms. The summed E-state index contributed by atoms with van der Waals surface area (Å²) in [5.41, 5.74) is 0.769. The Kier molecular flexibility index (Phi) is 4.42. The van der Waals surface area contributed by atoms with E-state index in [2.05, 4.69) is 0 Å². The van der Waals surface area contributed by atoms with E-state index in [1.807, 2.05) is 0 Å². The maximum absolute atomic E-state index is 13.0. The zero-order valence-electron chi connectivity index (χ0n) is 11.4. The zero-order valence-corrected chi connectivity index (χ0v) is 12.2. The van der Waals surface area contributed by atoms with Gasteiger partial charge >= 0.3 is 0 Å². The largest absolute Gasteiger partial charge is 0.342 e. The minimum absolute atomic E-state index is 0.0508. The van der Waals surface area contributed by atoms with Crippen LogP contribution in [-0.2, 0) is 21.1 Å². The van der Waals surface area contributed by atoms with Crippen molar-refractivity contribution in [2.75, 3.05) is 18.6 Å². The van der Waals surface area contributed by atoms with E-state index in [1.165, 1.54) is 17.0 Å². The van der Waals surface area contributed by atoms with Gasteiger partial charge < -0.3 is 4.90 Å². The minimum Gasteiger partial charge on any atom is -0.342 e. The number of carbonyl (C=O) groups excluding carboxylic acids is 1. The molecule has 0 spiro atoms. The first-order valence-corrected chi connectivity index (χ1v) is 8.40. The fraction of sp³-hybridized carbons (Fsp3) is 0.500. The lowest BCUT2D eigenvalue weighted by molar-refractivity contribution is -0.131. The van der Waals surface area contributed by atoms with Crippen molar-refractivity contribution in [3.63, 3.8) is 0 Å². The molecule has 0 saturated carbocycles. The van der Waals surface area contributed by atoms with Crippen LogP contribution in [-0.4, -0.2) is 43.8 Å². The van der Waals surface area contributed by atoms with Gasteiger partial charge in [-0.15, -0.1) is 0 Å². The van der Waals surface area contributed by atoms with Gasteiger partial charge in [-0.2, -0.15) is 0 Å². The number of benzene rings is 1. The van der Waals surface area contributed by atoms with Gasteiger partial charge in [0.25, 0.3) is 0 Å². The molecule has 1 unspecified atom stereocenters. The molecule has 1 saturated heterocycles. The van der Waals surface area contributed by atoms with E-state index in [1.54, 1.807) is 19.2 Å². The SMILES string of the molecule is CN(C(=O)CCc1cccc(F)c1)C1CCS(=O)(=O)C1. The molecule has 4 nitrogen and oxygen atoms in total. The normalized spacial score (nSPS) is 20.8. The van der Waals surface area contributed by atoms with Crippen LogP contribution in [0, 0.1) is 5.82 Å². The van der Waals surface area contributed by atoms with E-state index in [-0.39, 0.29) is 35.7 Å². The highest BCUT2D eigenvalue weighted by atomic mass is 32.2. The average molecular weight is 299 g/mol. The first-order valence-electron chi connectivity index (χ1n) is 6.58. The lowest BCUT2D eigenvalue weighted by Crippen LogP contribution is -2.37. The number of amides is 1. The minimum atomic E-state index is -2.99. The molecule has 0 bridgehead atoms. The molecule has 1 aromatic carbocycles. The van der Waals surface area contributed by atoms with Gasteiger partial charge in [0, 0.05) is 19.5 Å². The molecule has 0 aliphatic carbocycles. The first kappa shape index (κ1) is 15.0. The summed E-state index contributed by atoms with van der Waals surface area (Å²) in [4.78, 5) is 13.6. The predicted octanol–water partition coefficient (Wildman–Crippen LogP) is 1.40. The van der Waals surface area contributed by atoms with Crippen molar-refractivity contribution in [2.24, 2.45) is 0 Å². The zero-order chi connectivity index (χ0) is 14.8. The molecule has 1 aromatic rings. The highest BCUT2D eigenvalue weighted by Crippen LogP contribution is 2.17. The molecule has 1 aliphatic heterocycles. The van der Waals surface area contributed by atoms with Crippen LogP contribution in [0.25, 0.3) is 0 Å². The predicted molar refractivity (Wildman–Crippen MR) is 74.5 cm³/mol. The Balaban J connectivity index is 1.89. The molecule has 1 atom stereocenters. The molecule has 110 valence electrons. The van der Waals surface area contributed by atoms with E-state index in [0.29, 0.717) is 12.8 Å². The van der Waals surface area contributed by atoms with Crippen molar-refractivity contribution in [1.82, 2.24) is 4.90 Å². The fourth-order valence-corrected chi connectivity index (χ4v) is 4.18.